The smallest absolute Gasteiger partial charge is 0.283 e. The molecule has 0 amide bonds. The SMILES string of the molecule is NC1=N[C@]2(CO1)c1cc(C3=CCOCC3)ccc1Oc1cc(F)c(-c3cccnc3)cc12. The first kappa shape index (κ1) is 19.0. The van der Waals surface area contributed by atoms with E-state index in [0.29, 0.717) is 41.4 Å². The number of fused-ring (bicyclic) bond motifs is 4. The summed E-state index contributed by atoms with van der Waals surface area (Å²) in [4.78, 5) is 8.85. The Morgan fingerprint density at radius 1 is 1.03 bits per heavy atom. The zero-order valence-corrected chi connectivity index (χ0v) is 17.2. The van der Waals surface area contributed by atoms with E-state index in [1.54, 1.807) is 24.5 Å². The van der Waals surface area contributed by atoms with Crippen LogP contribution in [0.1, 0.15) is 23.1 Å². The zero-order valence-electron chi connectivity index (χ0n) is 17.2. The van der Waals surface area contributed by atoms with Gasteiger partial charge in [0.25, 0.3) is 6.02 Å². The van der Waals surface area contributed by atoms with Crippen molar-refractivity contribution in [2.75, 3.05) is 19.8 Å². The fourth-order valence-corrected chi connectivity index (χ4v) is 4.61. The predicted octanol–water partition coefficient (Wildman–Crippen LogP) is 4.39. The predicted molar refractivity (Wildman–Crippen MR) is 118 cm³/mol. The van der Waals surface area contributed by atoms with Gasteiger partial charge in [-0.05, 0) is 41.8 Å². The Labute approximate surface area is 184 Å². The number of aromatic nitrogens is 1. The van der Waals surface area contributed by atoms with Crippen LogP contribution in [-0.4, -0.2) is 30.8 Å². The van der Waals surface area contributed by atoms with Gasteiger partial charge in [0.05, 0.1) is 13.2 Å². The molecule has 0 fully saturated rings. The lowest BCUT2D eigenvalue weighted by Crippen LogP contribution is -2.31. The first-order chi connectivity index (χ1) is 15.6. The van der Waals surface area contributed by atoms with E-state index in [1.165, 1.54) is 11.6 Å². The van der Waals surface area contributed by atoms with E-state index in [0.717, 1.165) is 17.5 Å². The van der Waals surface area contributed by atoms with Crippen molar-refractivity contribution < 1.29 is 18.6 Å². The van der Waals surface area contributed by atoms with Gasteiger partial charge >= 0.3 is 0 Å². The molecule has 0 radical (unpaired) electrons. The first-order valence-corrected chi connectivity index (χ1v) is 10.5. The molecule has 3 aliphatic rings. The third kappa shape index (κ3) is 2.89. The summed E-state index contributed by atoms with van der Waals surface area (Å²) in [7, 11) is 0. The van der Waals surface area contributed by atoms with E-state index in [1.807, 2.05) is 18.2 Å². The number of hydrogen-bond donors (Lipinski definition) is 1. The van der Waals surface area contributed by atoms with Crippen molar-refractivity contribution in [2.24, 2.45) is 10.7 Å². The highest BCUT2D eigenvalue weighted by Gasteiger charge is 2.47. The molecule has 6 rings (SSSR count). The Kier molecular flexibility index (Phi) is 4.26. The lowest BCUT2D eigenvalue weighted by molar-refractivity contribution is 0.161. The fourth-order valence-electron chi connectivity index (χ4n) is 4.61. The maximum atomic E-state index is 15.1. The van der Waals surface area contributed by atoms with Gasteiger partial charge in [0.1, 0.15) is 23.9 Å². The van der Waals surface area contributed by atoms with Gasteiger partial charge in [0.15, 0.2) is 5.54 Å². The Balaban J connectivity index is 1.56. The number of nitrogens with zero attached hydrogens (tertiary/aromatic N) is 2. The molecule has 1 atom stereocenters. The standard InChI is InChI=1S/C25H20FN3O3/c26-21-12-23-20(11-18(21)17-2-1-7-28-13-17)25(14-31-24(27)29-25)19-10-16(3-4-22(19)32-23)15-5-8-30-9-6-15/h1-5,7,10-13H,6,8-9,14H2,(H2,27,29)/t25-/m1/s1. The Hall–Kier alpha value is -3.71. The molecule has 0 aliphatic carbocycles. The molecule has 3 aliphatic heterocycles. The minimum atomic E-state index is -0.917. The number of hydrogen-bond acceptors (Lipinski definition) is 6. The van der Waals surface area contributed by atoms with Crippen molar-refractivity contribution in [3.8, 4) is 22.6 Å². The molecule has 4 heterocycles. The summed E-state index contributed by atoms with van der Waals surface area (Å²) in [5, 5.41) is 0. The van der Waals surface area contributed by atoms with Gasteiger partial charge in [-0.25, -0.2) is 9.38 Å². The lowest BCUT2D eigenvalue weighted by atomic mass is 9.79. The molecule has 2 aromatic carbocycles. The van der Waals surface area contributed by atoms with Crippen LogP contribution in [0.2, 0.25) is 0 Å². The maximum Gasteiger partial charge on any atom is 0.283 e. The number of ether oxygens (including phenoxy) is 3. The molecule has 7 heteroatoms. The number of nitrogens with two attached hydrogens (primary N) is 1. The molecule has 160 valence electrons. The molecule has 1 aromatic heterocycles. The van der Waals surface area contributed by atoms with Crippen LogP contribution in [0.4, 0.5) is 4.39 Å². The topological polar surface area (TPSA) is 79.0 Å². The van der Waals surface area contributed by atoms with Gasteiger partial charge in [-0.1, -0.05) is 18.2 Å². The van der Waals surface area contributed by atoms with Crippen LogP contribution in [-0.2, 0) is 15.0 Å². The molecule has 32 heavy (non-hydrogen) atoms. The summed E-state index contributed by atoms with van der Waals surface area (Å²) in [6.45, 7) is 1.50. The normalized spacial score (nSPS) is 21.2. The fraction of sp³-hybridized carbons (Fsp3) is 0.200. The highest BCUT2D eigenvalue weighted by Crippen LogP contribution is 2.52. The summed E-state index contributed by atoms with van der Waals surface area (Å²) in [5.74, 6) is 0.627. The van der Waals surface area contributed by atoms with Gasteiger partial charge in [-0.3, -0.25) is 4.98 Å². The maximum absolute atomic E-state index is 15.1. The summed E-state index contributed by atoms with van der Waals surface area (Å²) < 4.78 is 32.3. The number of benzene rings is 2. The summed E-state index contributed by atoms with van der Waals surface area (Å²) in [6, 6.07) is 12.9. The minimum Gasteiger partial charge on any atom is -0.462 e. The van der Waals surface area contributed by atoms with E-state index >= 15 is 4.39 Å². The van der Waals surface area contributed by atoms with E-state index in [-0.39, 0.29) is 12.6 Å². The average molecular weight is 429 g/mol. The van der Waals surface area contributed by atoms with Crippen LogP contribution in [0.15, 0.2) is 65.9 Å². The van der Waals surface area contributed by atoms with E-state index < -0.39 is 11.4 Å². The summed E-state index contributed by atoms with van der Waals surface area (Å²) in [5.41, 5.74) is 10.0. The van der Waals surface area contributed by atoms with E-state index in [2.05, 4.69) is 17.1 Å². The highest BCUT2D eigenvalue weighted by molar-refractivity contribution is 5.79. The van der Waals surface area contributed by atoms with Gasteiger partial charge in [-0.15, -0.1) is 0 Å². The van der Waals surface area contributed by atoms with Gasteiger partial charge in [-0.2, -0.15) is 0 Å². The average Bonchev–Trinajstić information content (AvgIpc) is 3.22. The van der Waals surface area contributed by atoms with Crippen molar-refractivity contribution in [1.82, 2.24) is 4.98 Å². The first-order valence-electron chi connectivity index (χ1n) is 10.5. The summed E-state index contributed by atoms with van der Waals surface area (Å²) in [6.07, 6.45) is 6.21. The molecular weight excluding hydrogens is 409 g/mol. The minimum absolute atomic E-state index is 0.103. The Morgan fingerprint density at radius 3 is 2.69 bits per heavy atom. The number of amidine groups is 1. The summed E-state index contributed by atoms with van der Waals surface area (Å²) >= 11 is 0. The largest absolute Gasteiger partial charge is 0.462 e. The second kappa shape index (κ2) is 7.17. The van der Waals surface area contributed by atoms with Crippen molar-refractivity contribution in [3.05, 3.63) is 83.4 Å². The molecule has 0 saturated heterocycles. The zero-order chi connectivity index (χ0) is 21.7. The monoisotopic (exact) mass is 429 g/mol. The second-order valence-electron chi connectivity index (χ2n) is 8.04. The van der Waals surface area contributed by atoms with Crippen molar-refractivity contribution in [3.63, 3.8) is 0 Å². The van der Waals surface area contributed by atoms with Gasteiger partial charge < -0.3 is 19.9 Å². The third-order valence-electron chi connectivity index (χ3n) is 6.20. The molecule has 1 spiro atoms. The van der Waals surface area contributed by atoms with Crippen molar-refractivity contribution in [2.45, 2.75) is 12.0 Å². The van der Waals surface area contributed by atoms with Crippen molar-refractivity contribution in [1.29, 1.82) is 0 Å². The van der Waals surface area contributed by atoms with E-state index in [9.17, 15) is 0 Å². The van der Waals surface area contributed by atoms with Gasteiger partial charge in [0, 0.05) is 40.7 Å². The van der Waals surface area contributed by atoms with Crippen LogP contribution in [0.25, 0.3) is 16.7 Å². The lowest BCUT2D eigenvalue weighted by Gasteiger charge is -2.34. The number of halogens is 1. The van der Waals surface area contributed by atoms with E-state index in [4.69, 9.17) is 24.9 Å². The molecular formula is C25H20FN3O3. The third-order valence-corrected chi connectivity index (χ3v) is 6.20. The molecule has 0 unspecified atom stereocenters. The highest BCUT2D eigenvalue weighted by atomic mass is 19.1. The van der Waals surface area contributed by atoms with Crippen LogP contribution in [0, 0.1) is 5.82 Å². The molecule has 0 saturated carbocycles. The quantitative estimate of drug-likeness (QED) is 0.654. The molecule has 6 nitrogen and oxygen atoms in total. The second-order valence-corrected chi connectivity index (χ2v) is 8.04. The van der Waals surface area contributed by atoms with Crippen LogP contribution < -0.4 is 10.5 Å². The number of pyridine rings is 1. The van der Waals surface area contributed by atoms with Gasteiger partial charge in [0.2, 0.25) is 0 Å². The Bertz CT molecular complexity index is 1290. The Morgan fingerprint density at radius 2 is 1.94 bits per heavy atom. The van der Waals surface area contributed by atoms with Crippen molar-refractivity contribution >= 4 is 11.6 Å². The molecule has 3 aromatic rings. The molecule has 2 N–H and O–H groups in total. The van der Waals surface area contributed by atoms with Crippen LogP contribution in [0.3, 0.4) is 0 Å². The van der Waals surface area contributed by atoms with Crippen LogP contribution in [0.5, 0.6) is 11.5 Å². The number of rotatable bonds is 2. The molecule has 0 bridgehead atoms. The van der Waals surface area contributed by atoms with Crippen LogP contribution >= 0.6 is 0 Å². The number of aliphatic imine (C=N–C) groups is 1.